The Balaban J connectivity index is 2.00. The molecule has 4 rings (SSSR count). The van der Waals surface area contributed by atoms with Crippen molar-refractivity contribution in [3.8, 4) is 0 Å². The summed E-state index contributed by atoms with van der Waals surface area (Å²) in [6.07, 6.45) is 11.2. The summed E-state index contributed by atoms with van der Waals surface area (Å²) in [5.74, 6) is 0.453. The normalized spacial score (nSPS) is 20.5. The molecule has 0 spiro atoms. The highest BCUT2D eigenvalue weighted by Crippen LogP contribution is 2.53. The van der Waals surface area contributed by atoms with Crippen molar-refractivity contribution in [1.29, 1.82) is 0 Å². The molecule has 0 nitrogen and oxygen atoms in total. The van der Waals surface area contributed by atoms with E-state index >= 15 is 0 Å². The van der Waals surface area contributed by atoms with Gasteiger partial charge in [-0.1, -0.05) is 61.2 Å². The summed E-state index contributed by atoms with van der Waals surface area (Å²) in [4.78, 5) is 4.55. The van der Waals surface area contributed by atoms with Gasteiger partial charge in [0, 0.05) is 25.0 Å². The number of hydrogen-bond acceptors (Lipinski definition) is 3. The quantitative estimate of drug-likeness (QED) is 0.518. The number of fused-ring (bicyclic) bond motifs is 2. The third-order valence-electron chi connectivity index (χ3n) is 5.07. The fourth-order valence-corrected chi connectivity index (χ4v) is 5.59. The van der Waals surface area contributed by atoms with E-state index < -0.39 is 0 Å². The molecular formula is C22H20S3. The first-order valence-electron chi connectivity index (χ1n) is 8.40. The lowest BCUT2D eigenvalue weighted by Crippen LogP contribution is -2.29. The van der Waals surface area contributed by atoms with Gasteiger partial charge in [0.1, 0.15) is 0 Å². The summed E-state index contributed by atoms with van der Waals surface area (Å²) in [5.41, 5.74) is 3.81. The largest absolute Gasteiger partial charge is 0.143 e. The van der Waals surface area contributed by atoms with Crippen LogP contribution in [0, 0.1) is 5.92 Å². The second-order valence-electron chi connectivity index (χ2n) is 6.81. The number of benzene rings is 2. The van der Waals surface area contributed by atoms with Crippen LogP contribution in [0.1, 0.15) is 25.0 Å². The Morgan fingerprint density at radius 2 is 1.52 bits per heavy atom. The predicted octanol–water partition coefficient (Wildman–Crippen LogP) is 6.72. The Kier molecular flexibility index (Phi) is 4.43. The van der Waals surface area contributed by atoms with E-state index in [4.69, 9.17) is 0 Å². The second kappa shape index (κ2) is 6.46. The van der Waals surface area contributed by atoms with Gasteiger partial charge in [0.2, 0.25) is 0 Å². The van der Waals surface area contributed by atoms with Gasteiger partial charge in [-0.2, -0.15) is 0 Å². The van der Waals surface area contributed by atoms with Crippen molar-refractivity contribution in [2.75, 3.05) is 0 Å². The summed E-state index contributed by atoms with van der Waals surface area (Å²) >= 11 is 10.9. The molecule has 2 aliphatic rings. The van der Waals surface area contributed by atoms with Crippen LogP contribution in [-0.2, 0) is 5.41 Å². The molecule has 0 N–H and O–H groups in total. The van der Waals surface area contributed by atoms with E-state index in [1.807, 2.05) is 11.8 Å². The van der Waals surface area contributed by atoms with Crippen LogP contribution < -0.4 is 0 Å². The Bertz CT molecular complexity index is 883. The molecule has 0 amide bonds. The molecule has 1 unspecified atom stereocenters. The number of allylic oxidation sites excluding steroid dienone is 6. The van der Waals surface area contributed by atoms with Gasteiger partial charge in [-0.05, 0) is 53.8 Å². The zero-order valence-electron chi connectivity index (χ0n) is 14.2. The second-order valence-corrected chi connectivity index (χ2v) is 8.93. The van der Waals surface area contributed by atoms with E-state index in [0.717, 1.165) is 9.79 Å². The molecule has 1 aliphatic heterocycles. The minimum atomic E-state index is -0.191. The maximum atomic E-state index is 4.55. The highest BCUT2D eigenvalue weighted by atomic mass is 32.2. The van der Waals surface area contributed by atoms with Crippen molar-refractivity contribution in [3.05, 3.63) is 83.5 Å². The Morgan fingerprint density at radius 1 is 0.920 bits per heavy atom. The molecule has 1 heterocycles. The van der Waals surface area contributed by atoms with Crippen molar-refractivity contribution in [1.82, 2.24) is 0 Å². The maximum absolute atomic E-state index is 4.55. The molecule has 1 aliphatic carbocycles. The summed E-state index contributed by atoms with van der Waals surface area (Å²) < 4.78 is 0. The number of rotatable bonds is 1. The average Bonchev–Trinajstić information content (AvgIpc) is 2.79. The van der Waals surface area contributed by atoms with Crippen LogP contribution in [0.2, 0.25) is 0 Å². The molecule has 0 bridgehead atoms. The van der Waals surface area contributed by atoms with Crippen LogP contribution in [0.25, 0.3) is 0 Å². The van der Waals surface area contributed by atoms with Crippen molar-refractivity contribution in [2.45, 2.75) is 38.8 Å². The highest BCUT2D eigenvalue weighted by Gasteiger charge is 2.39. The molecule has 0 aromatic heterocycles. The van der Waals surface area contributed by atoms with E-state index in [-0.39, 0.29) is 5.41 Å². The number of hydrogen-bond donors (Lipinski definition) is 2. The molecule has 25 heavy (non-hydrogen) atoms. The average molecular weight is 381 g/mol. The first kappa shape index (κ1) is 17.1. The molecule has 126 valence electrons. The Morgan fingerprint density at radius 3 is 2.12 bits per heavy atom. The van der Waals surface area contributed by atoms with Gasteiger partial charge in [0.15, 0.2) is 0 Å². The Labute approximate surface area is 164 Å². The van der Waals surface area contributed by atoms with E-state index in [9.17, 15) is 0 Å². The molecule has 1 atom stereocenters. The third kappa shape index (κ3) is 2.92. The van der Waals surface area contributed by atoms with Gasteiger partial charge in [-0.15, -0.1) is 25.3 Å². The topological polar surface area (TPSA) is 0 Å². The minimum Gasteiger partial charge on any atom is -0.143 e. The fraction of sp³-hybridized carbons (Fsp3) is 0.182. The van der Waals surface area contributed by atoms with E-state index in [1.54, 1.807) is 0 Å². The molecule has 0 radical (unpaired) electrons. The monoisotopic (exact) mass is 380 g/mol. The smallest absolute Gasteiger partial charge is 0.0445 e. The molecule has 2 aromatic rings. The van der Waals surface area contributed by atoms with Gasteiger partial charge in [0.25, 0.3) is 0 Å². The fourth-order valence-electron chi connectivity index (χ4n) is 3.63. The SMILES string of the molecule is CC1C=CC=C(C2(C)c3ccc(S)cc3Sc3cc(S)ccc32)C=C1. The van der Waals surface area contributed by atoms with Crippen LogP contribution in [-0.4, -0.2) is 0 Å². The maximum Gasteiger partial charge on any atom is 0.0445 e. The van der Waals surface area contributed by atoms with Gasteiger partial charge in [0.05, 0.1) is 0 Å². The standard InChI is InChI=1S/C22H20S3/c1-14-4-3-5-15(7-6-14)22(2)18-10-8-16(23)12-20(18)25-21-13-17(24)9-11-19(21)22/h3-14,23-24H,1-2H3. The van der Waals surface area contributed by atoms with Crippen LogP contribution in [0.15, 0.2) is 91.9 Å². The molecular weight excluding hydrogens is 360 g/mol. The summed E-state index contributed by atoms with van der Waals surface area (Å²) in [6, 6.07) is 13.0. The van der Waals surface area contributed by atoms with Crippen molar-refractivity contribution < 1.29 is 0 Å². The van der Waals surface area contributed by atoms with Crippen molar-refractivity contribution in [3.63, 3.8) is 0 Å². The van der Waals surface area contributed by atoms with Gasteiger partial charge in [-0.3, -0.25) is 0 Å². The van der Waals surface area contributed by atoms with Crippen LogP contribution in [0.4, 0.5) is 0 Å². The summed E-state index contributed by atoms with van der Waals surface area (Å²) in [7, 11) is 0. The molecule has 2 aromatic carbocycles. The van der Waals surface area contributed by atoms with Crippen molar-refractivity contribution in [2.24, 2.45) is 5.92 Å². The zero-order valence-corrected chi connectivity index (χ0v) is 16.8. The lowest BCUT2D eigenvalue weighted by atomic mass is 9.70. The third-order valence-corrected chi connectivity index (χ3v) is 6.75. The first-order chi connectivity index (χ1) is 12.0. The lowest BCUT2D eigenvalue weighted by Gasteiger charge is -2.39. The van der Waals surface area contributed by atoms with Crippen LogP contribution >= 0.6 is 37.0 Å². The van der Waals surface area contributed by atoms with E-state index in [2.05, 4.69) is 106 Å². The summed E-state index contributed by atoms with van der Waals surface area (Å²) in [5, 5.41) is 0. The molecule has 0 saturated carbocycles. The van der Waals surface area contributed by atoms with Crippen LogP contribution in [0.5, 0.6) is 0 Å². The van der Waals surface area contributed by atoms with Crippen molar-refractivity contribution >= 4 is 37.0 Å². The molecule has 0 fully saturated rings. The predicted molar refractivity (Wildman–Crippen MR) is 113 cm³/mol. The molecule has 0 saturated heterocycles. The zero-order chi connectivity index (χ0) is 17.6. The van der Waals surface area contributed by atoms with Gasteiger partial charge >= 0.3 is 0 Å². The van der Waals surface area contributed by atoms with Gasteiger partial charge in [-0.25, -0.2) is 0 Å². The highest BCUT2D eigenvalue weighted by molar-refractivity contribution is 7.99. The number of thiol groups is 2. The Hall–Kier alpha value is -1.29. The summed E-state index contributed by atoms with van der Waals surface area (Å²) in [6.45, 7) is 4.55. The molecule has 3 heteroatoms. The van der Waals surface area contributed by atoms with E-state index in [1.165, 1.54) is 26.5 Å². The van der Waals surface area contributed by atoms with Crippen LogP contribution in [0.3, 0.4) is 0 Å². The minimum absolute atomic E-state index is 0.191. The lowest BCUT2D eigenvalue weighted by molar-refractivity contribution is 0.650. The first-order valence-corrected chi connectivity index (χ1v) is 10.1. The van der Waals surface area contributed by atoms with E-state index in [0.29, 0.717) is 5.92 Å². The van der Waals surface area contributed by atoms with Gasteiger partial charge < -0.3 is 0 Å².